The van der Waals surface area contributed by atoms with Gasteiger partial charge >= 0.3 is 5.69 Å². The lowest BCUT2D eigenvalue weighted by molar-refractivity contribution is -0.200. The standard InChI is InChI=1S/C18H24N2O7/c1-10(22)6-4-5-7-11-8-20(17(24)19-15(11)23)16-14-13(12(9-21)25-16)26-18(2,3)27-14/h4-5,8,12-14,16,21H,6-7,9H2,1-3H3,(H,19,23,24). The molecule has 4 atom stereocenters. The molecular weight excluding hydrogens is 356 g/mol. The second kappa shape index (κ2) is 7.51. The van der Waals surface area contributed by atoms with Gasteiger partial charge in [0.05, 0.1) is 6.61 Å². The first-order chi connectivity index (χ1) is 12.7. The minimum absolute atomic E-state index is 0.0200. The summed E-state index contributed by atoms with van der Waals surface area (Å²) in [6.45, 7) is 4.69. The largest absolute Gasteiger partial charge is 0.394 e. The van der Waals surface area contributed by atoms with Crippen LogP contribution in [0.1, 0.15) is 39.0 Å². The number of carbonyl (C=O) groups excluding carboxylic acids is 1. The summed E-state index contributed by atoms with van der Waals surface area (Å²) in [7, 11) is 0. The third-order valence-electron chi connectivity index (χ3n) is 4.53. The van der Waals surface area contributed by atoms with Crippen molar-refractivity contribution in [2.24, 2.45) is 0 Å². The van der Waals surface area contributed by atoms with E-state index in [9.17, 15) is 19.5 Å². The molecule has 0 aromatic carbocycles. The number of Topliss-reactive ketones (excluding diaryl/α,β-unsaturated/α-hetero) is 1. The lowest BCUT2D eigenvalue weighted by Crippen LogP contribution is -2.38. The summed E-state index contributed by atoms with van der Waals surface area (Å²) >= 11 is 0. The number of aromatic amines is 1. The highest BCUT2D eigenvalue weighted by atomic mass is 16.8. The number of ketones is 1. The Labute approximate surface area is 155 Å². The van der Waals surface area contributed by atoms with Crippen LogP contribution in [-0.4, -0.2) is 51.1 Å². The zero-order valence-corrected chi connectivity index (χ0v) is 15.5. The van der Waals surface area contributed by atoms with Crippen LogP contribution in [0.4, 0.5) is 0 Å². The van der Waals surface area contributed by atoms with Gasteiger partial charge in [0.2, 0.25) is 0 Å². The van der Waals surface area contributed by atoms with Gasteiger partial charge in [0.25, 0.3) is 5.56 Å². The van der Waals surface area contributed by atoms with Gasteiger partial charge in [-0.2, -0.15) is 0 Å². The second-order valence-corrected chi connectivity index (χ2v) is 7.21. The molecule has 9 nitrogen and oxygen atoms in total. The molecule has 1 aromatic rings. The monoisotopic (exact) mass is 380 g/mol. The summed E-state index contributed by atoms with van der Waals surface area (Å²) in [5, 5.41) is 9.56. The average molecular weight is 380 g/mol. The van der Waals surface area contributed by atoms with Crippen LogP contribution in [0.2, 0.25) is 0 Å². The number of rotatable bonds is 6. The molecule has 9 heteroatoms. The molecule has 2 aliphatic heterocycles. The average Bonchev–Trinajstić information content (AvgIpc) is 3.06. The highest BCUT2D eigenvalue weighted by molar-refractivity contribution is 5.76. The van der Waals surface area contributed by atoms with E-state index in [1.165, 1.54) is 17.7 Å². The van der Waals surface area contributed by atoms with Gasteiger partial charge in [-0.15, -0.1) is 0 Å². The van der Waals surface area contributed by atoms with Crippen LogP contribution < -0.4 is 11.2 Å². The number of ether oxygens (including phenoxy) is 3. The fraction of sp³-hybridized carbons (Fsp3) is 0.611. The Bertz CT molecular complexity index is 854. The van der Waals surface area contributed by atoms with Crippen molar-refractivity contribution in [1.82, 2.24) is 9.55 Å². The minimum Gasteiger partial charge on any atom is -0.394 e. The fourth-order valence-electron chi connectivity index (χ4n) is 3.35. The topological polar surface area (TPSA) is 120 Å². The highest BCUT2D eigenvalue weighted by Crippen LogP contribution is 2.42. The Morgan fingerprint density at radius 2 is 2.00 bits per heavy atom. The lowest BCUT2D eigenvalue weighted by atomic mass is 10.1. The van der Waals surface area contributed by atoms with Gasteiger partial charge in [-0.1, -0.05) is 12.2 Å². The van der Waals surface area contributed by atoms with Gasteiger partial charge in [0.15, 0.2) is 12.0 Å². The summed E-state index contributed by atoms with van der Waals surface area (Å²) in [5.41, 5.74) is -0.784. The minimum atomic E-state index is -0.866. The van der Waals surface area contributed by atoms with Crippen LogP contribution in [0, 0.1) is 0 Å². The van der Waals surface area contributed by atoms with Crippen molar-refractivity contribution in [1.29, 1.82) is 0 Å². The predicted octanol–water partition coefficient (Wildman–Crippen LogP) is 0.0242. The van der Waals surface area contributed by atoms with Crippen molar-refractivity contribution in [2.45, 2.75) is 63.9 Å². The molecule has 2 aliphatic rings. The quantitative estimate of drug-likeness (QED) is 0.668. The van der Waals surface area contributed by atoms with Gasteiger partial charge in [-0.3, -0.25) is 19.1 Å². The van der Waals surface area contributed by atoms with E-state index in [0.29, 0.717) is 5.56 Å². The van der Waals surface area contributed by atoms with Crippen molar-refractivity contribution < 1.29 is 24.1 Å². The molecule has 3 rings (SSSR count). The molecule has 0 aliphatic carbocycles. The third-order valence-corrected chi connectivity index (χ3v) is 4.53. The highest BCUT2D eigenvalue weighted by Gasteiger charge is 2.55. The van der Waals surface area contributed by atoms with Crippen LogP contribution in [0.15, 0.2) is 27.9 Å². The fourth-order valence-corrected chi connectivity index (χ4v) is 3.35. The molecule has 0 bridgehead atoms. The summed E-state index contributed by atoms with van der Waals surface area (Å²) in [4.78, 5) is 37.7. The zero-order chi connectivity index (χ0) is 19.8. The Morgan fingerprint density at radius 1 is 1.30 bits per heavy atom. The molecule has 0 radical (unpaired) electrons. The number of aliphatic hydroxyl groups is 1. The maximum Gasteiger partial charge on any atom is 0.330 e. The molecule has 0 amide bonds. The molecular formula is C18H24N2O7. The van der Waals surface area contributed by atoms with E-state index >= 15 is 0 Å². The molecule has 148 valence electrons. The van der Waals surface area contributed by atoms with Crippen LogP contribution in [-0.2, 0) is 25.4 Å². The Hall–Kier alpha value is -2.07. The van der Waals surface area contributed by atoms with Gasteiger partial charge in [-0.25, -0.2) is 4.79 Å². The zero-order valence-electron chi connectivity index (χ0n) is 15.5. The smallest absolute Gasteiger partial charge is 0.330 e. The number of H-pyrrole nitrogens is 1. The first-order valence-corrected chi connectivity index (χ1v) is 8.82. The van der Waals surface area contributed by atoms with Crippen LogP contribution in [0.5, 0.6) is 0 Å². The molecule has 4 unspecified atom stereocenters. The predicted molar refractivity (Wildman–Crippen MR) is 94.3 cm³/mol. The molecule has 2 fully saturated rings. The Morgan fingerprint density at radius 3 is 2.67 bits per heavy atom. The van der Waals surface area contributed by atoms with Crippen molar-refractivity contribution in [3.05, 3.63) is 44.8 Å². The van der Waals surface area contributed by atoms with E-state index < -0.39 is 41.6 Å². The van der Waals surface area contributed by atoms with Crippen molar-refractivity contribution >= 4 is 5.78 Å². The van der Waals surface area contributed by atoms with E-state index in [2.05, 4.69) is 4.98 Å². The number of fused-ring (bicyclic) bond motifs is 1. The Balaban J connectivity index is 1.89. The summed E-state index contributed by atoms with van der Waals surface area (Å²) in [6.07, 6.45) is 2.76. The van der Waals surface area contributed by atoms with Crippen molar-refractivity contribution in [2.75, 3.05) is 6.61 Å². The van der Waals surface area contributed by atoms with Gasteiger partial charge < -0.3 is 19.3 Å². The molecule has 1 aromatic heterocycles. The van der Waals surface area contributed by atoms with Crippen LogP contribution in [0.3, 0.4) is 0 Å². The summed E-state index contributed by atoms with van der Waals surface area (Å²) < 4.78 is 18.7. The molecule has 2 saturated heterocycles. The number of allylic oxidation sites excluding steroid dienone is 2. The molecule has 3 heterocycles. The van der Waals surface area contributed by atoms with E-state index in [4.69, 9.17) is 14.2 Å². The number of aromatic nitrogens is 2. The number of aliphatic hydroxyl groups excluding tert-OH is 1. The van der Waals surface area contributed by atoms with E-state index in [-0.39, 0.29) is 25.2 Å². The molecule has 27 heavy (non-hydrogen) atoms. The maximum atomic E-state index is 12.3. The number of nitrogens with one attached hydrogen (secondary N) is 1. The van der Waals surface area contributed by atoms with Gasteiger partial charge in [-0.05, 0) is 27.2 Å². The lowest BCUT2D eigenvalue weighted by Gasteiger charge is -2.24. The number of nitrogens with zero attached hydrogens (tertiary/aromatic N) is 1. The number of carbonyl (C=O) groups is 1. The SMILES string of the molecule is CC(=O)CC=CCc1cn(C2OC(CO)C3OC(C)(C)OC32)c(=O)[nH]c1=O. The van der Waals surface area contributed by atoms with Gasteiger partial charge in [0, 0.05) is 18.2 Å². The van der Waals surface area contributed by atoms with E-state index in [0.717, 1.165) is 0 Å². The normalized spacial score (nSPS) is 29.3. The van der Waals surface area contributed by atoms with Crippen LogP contribution in [0.25, 0.3) is 0 Å². The Kier molecular flexibility index (Phi) is 5.48. The first-order valence-electron chi connectivity index (χ1n) is 8.82. The maximum absolute atomic E-state index is 12.3. The van der Waals surface area contributed by atoms with E-state index in [1.807, 2.05) is 0 Å². The molecule has 0 saturated carbocycles. The van der Waals surface area contributed by atoms with Gasteiger partial charge in [0.1, 0.15) is 24.1 Å². The van der Waals surface area contributed by atoms with E-state index in [1.54, 1.807) is 26.0 Å². The molecule has 0 spiro atoms. The molecule has 2 N–H and O–H groups in total. The third kappa shape index (κ3) is 4.11. The summed E-state index contributed by atoms with van der Waals surface area (Å²) in [6, 6.07) is 0. The van der Waals surface area contributed by atoms with Crippen molar-refractivity contribution in [3.8, 4) is 0 Å². The van der Waals surface area contributed by atoms with Crippen LogP contribution >= 0.6 is 0 Å². The number of hydrogen-bond acceptors (Lipinski definition) is 7. The number of hydrogen-bond donors (Lipinski definition) is 2. The van der Waals surface area contributed by atoms with Crippen molar-refractivity contribution in [3.63, 3.8) is 0 Å². The summed E-state index contributed by atoms with van der Waals surface area (Å²) in [5.74, 6) is -0.846. The second-order valence-electron chi connectivity index (χ2n) is 7.21. The first kappa shape index (κ1) is 19.7.